The van der Waals surface area contributed by atoms with Crippen LogP contribution in [0, 0.1) is 12.7 Å². The number of aryl methyl sites for hydroxylation is 2. The molecule has 6 heteroatoms. The maximum absolute atomic E-state index is 13.1. The maximum Gasteiger partial charge on any atom is 0.226 e. The number of piperazine rings is 1. The van der Waals surface area contributed by atoms with Gasteiger partial charge in [-0.2, -0.15) is 0 Å². The molecule has 1 aliphatic heterocycles. The van der Waals surface area contributed by atoms with Crippen molar-refractivity contribution >= 4 is 11.6 Å². The van der Waals surface area contributed by atoms with Crippen molar-refractivity contribution in [2.45, 2.75) is 19.8 Å². The number of carbonyl (C=O) groups excluding carboxylic acids is 1. The first-order valence-corrected chi connectivity index (χ1v) is 9.90. The normalized spacial score (nSPS) is 14.3. The molecule has 29 heavy (non-hydrogen) atoms. The number of carbonyl (C=O) groups is 1. The minimum absolute atomic E-state index is 0.132. The van der Waals surface area contributed by atoms with Gasteiger partial charge in [0.05, 0.1) is 5.69 Å². The van der Waals surface area contributed by atoms with E-state index in [0.29, 0.717) is 31.8 Å². The van der Waals surface area contributed by atoms with Crippen LogP contribution in [-0.4, -0.2) is 42.0 Å². The first kappa shape index (κ1) is 19.2. The van der Waals surface area contributed by atoms with Crippen LogP contribution in [0.25, 0.3) is 11.5 Å². The van der Waals surface area contributed by atoms with Crippen molar-refractivity contribution in [2.75, 3.05) is 31.1 Å². The van der Waals surface area contributed by atoms with Crippen molar-refractivity contribution in [1.29, 1.82) is 0 Å². The molecule has 3 aromatic rings. The molecule has 1 amide bonds. The number of anilines is 1. The Balaban J connectivity index is 1.31. The van der Waals surface area contributed by atoms with Crippen LogP contribution in [0.5, 0.6) is 0 Å². The Hall–Kier alpha value is -3.15. The van der Waals surface area contributed by atoms with E-state index in [1.54, 1.807) is 12.1 Å². The number of halogens is 1. The van der Waals surface area contributed by atoms with E-state index in [9.17, 15) is 9.18 Å². The first-order chi connectivity index (χ1) is 14.1. The largest absolute Gasteiger partial charge is 0.441 e. The molecule has 5 nitrogen and oxygen atoms in total. The highest BCUT2D eigenvalue weighted by atomic mass is 19.1. The number of hydrogen-bond acceptors (Lipinski definition) is 4. The molecular weight excluding hydrogens is 369 g/mol. The van der Waals surface area contributed by atoms with E-state index in [-0.39, 0.29) is 11.7 Å². The molecule has 1 aliphatic rings. The third-order valence-corrected chi connectivity index (χ3v) is 5.31. The molecule has 0 bridgehead atoms. The quantitative estimate of drug-likeness (QED) is 0.656. The number of oxazole rings is 1. The van der Waals surface area contributed by atoms with Crippen molar-refractivity contribution in [1.82, 2.24) is 9.88 Å². The van der Waals surface area contributed by atoms with Crippen molar-refractivity contribution in [3.63, 3.8) is 0 Å². The van der Waals surface area contributed by atoms with E-state index in [4.69, 9.17) is 4.42 Å². The minimum atomic E-state index is -0.235. The Morgan fingerprint density at radius 1 is 1.03 bits per heavy atom. The Morgan fingerprint density at radius 3 is 2.41 bits per heavy atom. The second-order valence-electron chi connectivity index (χ2n) is 7.23. The Labute approximate surface area is 169 Å². The summed E-state index contributed by atoms with van der Waals surface area (Å²) in [5.41, 5.74) is 2.76. The van der Waals surface area contributed by atoms with Crippen molar-refractivity contribution in [2.24, 2.45) is 0 Å². The van der Waals surface area contributed by atoms with E-state index in [1.165, 1.54) is 12.1 Å². The summed E-state index contributed by atoms with van der Waals surface area (Å²) >= 11 is 0. The van der Waals surface area contributed by atoms with Gasteiger partial charge in [0.1, 0.15) is 11.6 Å². The van der Waals surface area contributed by atoms with Crippen LogP contribution < -0.4 is 4.90 Å². The Morgan fingerprint density at radius 2 is 1.72 bits per heavy atom. The van der Waals surface area contributed by atoms with Gasteiger partial charge in [-0.3, -0.25) is 4.79 Å². The molecule has 4 rings (SSSR count). The van der Waals surface area contributed by atoms with E-state index < -0.39 is 0 Å². The molecule has 2 aromatic carbocycles. The number of hydrogen-bond donors (Lipinski definition) is 0. The third-order valence-electron chi connectivity index (χ3n) is 5.31. The first-order valence-electron chi connectivity index (χ1n) is 9.90. The summed E-state index contributed by atoms with van der Waals surface area (Å²) in [7, 11) is 0. The van der Waals surface area contributed by atoms with Gasteiger partial charge >= 0.3 is 0 Å². The lowest BCUT2D eigenvalue weighted by molar-refractivity contribution is -0.131. The van der Waals surface area contributed by atoms with Gasteiger partial charge in [0.25, 0.3) is 0 Å². The van der Waals surface area contributed by atoms with Gasteiger partial charge in [-0.1, -0.05) is 18.2 Å². The van der Waals surface area contributed by atoms with E-state index in [0.717, 1.165) is 35.8 Å². The van der Waals surface area contributed by atoms with Gasteiger partial charge in [0, 0.05) is 50.3 Å². The second kappa shape index (κ2) is 8.47. The summed E-state index contributed by atoms with van der Waals surface area (Å²) in [5.74, 6) is 1.25. The molecule has 0 unspecified atom stereocenters. The minimum Gasteiger partial charge on any atom is -0.441 e. The summed E-state index contributed by atoms with van der Waals surface area (Å²) in [6.45, 7) is 4.73. The number of benzene rings is 2. The highest BCUT2D eigenvalue weighted by molar-refractivity contribution is 5.76. The number of nitrogens with zero attached hydrogens (tertiary/aromatic N) is 3. The molecule has 1 saturated heterocycles. The fourth-order valence-electron chi connectivity index (χ4n) is 3.61. The average Bonchev–Trinajstić information content (AvgIpc) is 3.14. The summed E-state index contributed by atoms with van der Waals surface area (Å²) < 4.78 is 18.9. The van der Waals surface area contributed by atoms with Gasteiger partial charge in [0.15, 0.2) is 0 Å². The highest BCUT2D eigenvalue weighted by Crippen LogP contribution is 2.22. The smallest absolute Gasteiger partial charge is 0.226 e. The summed E-state index contributed by atoms with van der Waals surface area (Å²) in [5, 5.41) is 0. The highest BCUT2D eigenvalue weighted by Gasteiger charge is 2.22. The van der Waals surface area contributed by atoms with Gasteiger partial charge in [-0.25, -0.2) is 9.37 Å². The summed E-state index contributed by atoms with van der Waals surface area (Å²) in [4.78, 5) is 21.3. The summed E-state index contributed by atoms with van der Waals surface area (Å²) in [6, 6.07) is 16.3. The molecule has 0 aliphatic carbocycles. The number of rotatable bonds is 5. The van der Waals surface area contributed by atoms with Crippen molar-refractivity contribution in [3.05, 3.63) is 71.9 Å². The Kier molecular flexibility index (Phi) is 5.60. The van der Waals surface area contributed by atoms with E-state index in [1.807, 2.05) is 42.2 Å². The topological polar surface area (TPSA) is 49.6 Å². The standard InChI is InChI=1S/C23H24FN3O2/c1-17-21(25-23(29-17)18-5-3-2-4-6-18)11-12-22(28)27-15-13-26(14-16-27)20-9-7-19(24)8-10-20/h2-10H,11-16H2,1H3. The lowest BCUT2D eigenvalue weighted by Crippen LogP contribution is -2.48. The van der Waals surface area contributed by atoms with Crippen molar-refractivity contribution < 1.29 is 13.6 Å². The zero-order valence-electron chi connectivity index (χ0n) is 16.5. The van der Waals surface area contributed by atoms with Gasteiger partial charge in [-0.05, 0) is 43.3 Å². The average molecular weight is 393 g/mol. The molecule has 0 spiro atoms. The zero-order chi connectivity index (χ0) is 20.2. The van der Waals surface area contributed by atoms with Gasteiger partial charge < -0.3 is 14.2 Å². The van der Waals surface area contributed by atoms with Crippen LogP contribution in [0.1, 0.15) is 17.9 Å². The van der Waals surface area contributed by atoms with Crippen LogP contribution in [0.15, 0.2) is 59.0 Å². The van der Waals surface area contributed by atoms with Crippen LogP contribution in [0.2, 0.25) is 0 Å². The lowest BCUT2D eigenvalue weighted by Gasteiger charge is -2.36. The molecular formula is C23H24FN3O2. The number of aromatic nitrogens is 1. The number of amides is 1. The zero-order valence-corrected chi connectivity index (χ0v) is 16.5. The van der Waals surface area contributed by atoms with Crippen molar-refractivity contribution in [3.8, 4) is 11.5 Å². The van der Waals surface area contributed by atoms with E-state index in [2.05, 4.69) is 9.88 Å². The van der Waals surface area contributed by atoms with Crippen LogP contribution in [0.4, 0.5) is 10.1 Å². The van der Waals surface area contributed by atoms with Gasteiger partial charge in [0.2, 0.25) is 11.8 Å². The monoisotopic (exact) mass is 393 g/mol. The maximum atomic E-state index is 13.1. The van der Waals surface area contributed by atoms with Crippen LogP contribution in [-0.2, 0) is 11.2 Å². The van der Waals surface area contributed by atoms with Crippen LogP contribution >= 0.6 is 0 Å². The molecule has 0 N–H and O–H groups in total. The van der Waals surface area contributed by atoms with Gasteiger partial charge in [-0.15, -0.1) is 0 Å². The predicted octanol–water partition coefficient (Wildman–Crippen LogP) is 4.07. The molecule has 1 fully saturated rings. The second-order valence-corrected chi connectivity index (χ2v) is 7.23. The molecule has 0 saturated carbocycles. The Bertz CT molecular complexity index is 962. The van der Waals surface area contributed by atoms with E-state index >= 15 is 0 Å². The fourth-order valence-corrected chi connectivity index (χ4v) is 3.61. The lowest BCUT2D eigenvalue weighted by atomic mass is 10.1. The fraction of sp³-hybridized carbons (Fsp3) is 0.304. The molecule has 1 aromatic heterocycles. The van der Waals surface area contributed by atoms with Crippen LogP contribution in [0.3, 0.4) is 0 Å². The molecule has 150 valence electrons. The molecule has 2 heterocycles. The summed E-state index contributed by atoms with van der Waals surface area (Å²) in [6.07, 6.45) is 0.983. The third kappa shape index (κ3) is 4.47. The molecule has 0 radical (unpaired) electrons. The predicted molar refractivity (Wildman–Crippen MR) is 110 cm³/mol. The molecule has 0 atom stereocenters. The SMILES string of the molecule is Cc1oc(-c2ccccc2)nc1CCC(=O)N1CCN(c2ccc(F)cc2)CC1.